The SMILES string of the molecule is CC(C)CC(CNC(=O)Nc1cccc(Br)c1)CC(=O)O. The number of nitrogens with one attached hydrogen (secondary N) is 2. The van der Waals surface area contributed by atoms with Crippen LogP contribution in [0, 0.1) is 11.8 Å². The molecule has 0 saturated heterocycles. The van der Waals surface area contributed by atoms with Crippen LogP contribution in [0.4, 0.5) is 10.5 Å². The summed E-state index contributed by atoms with van der Waals surface area (Å²) in [6.45, 7) is 4.43. The Hall–Kier alpha value is -1.56. The number of anilines is 1. The van der Waals surface area contributed by atoms with Gasteiger partial charge in [-0.05, 0) is 36.5 Å². The van der Waals surface area contributed by atoms with E-state index in [0.717, 1.165) is 10.9 Å². The molecule has 0 heterocycles. The van der Waals surface area contributed by atoms with E-state index in [1.54, 1.807) is 12.1 Å². The topological polar surface area (TPSA) is 78.4 Å². The van der Waals surface area contributed by atoms with Crippen molar-refractivity contribution in [3.05, 3.63) is 28.7 Å². The first-order valence-electron chi connectivity index (χ1n) is 6.89. The lowest BCUT2D eigenvalue weighted by Crippen LogP contribution is -2.34. The number of carbonyl (C=O) groups excluding carboxylic acids is 1. The minimum absolute atomic E-state index is 0.0595. The Kier molecular flexibility index (Phi) is 7.22. The Morgan fingerprint density at radius 3 is 2.62 bits per heavy atom. The molecule has 1 rings (SSSR count). The van der Waals surface area contributed by atoms with Gasteiger partial charge < -0.3 is 15.7 Å². The molecule has 1 atom stereocenters. The molecule has 0 aromatic heterocycles. The molecule has 0 fully saturated rings. The van der Waals surface area contributed by atoms with Gasteiger partial charge in [0.25, 0.3) is 0 Å². The minimum Gasteiger partial charge on any atom is -0.481 e. The Bertz CT molecular complexity index is 492. The van der Waals surface area contributed by atoms with Crippen LogP contribution in [0.3, 0.4) is 0 Å². The van der Waals surface area contributed by atoms with E-state index in [2.05, 4.69) is 26.6 Å². The first kappa shape index (κ1) is 17.5. The highest BCUT2D eigenvalue weighted by atomic mass is 79.9. The van der Waals surface area contributed by atoms with Crippen LogP contribution in [-0.4, -0.2) is 23.7 Å². The second kappa shape index (κ2) is 8.67. The highest BCUT2D eigenvalue weighted by Crippen LogP contribution is 2.16. The number of hydrogen-bond donors (Lipinski definition) is 3. The number of carboxylic acid groups (broad SMARTS) is 1. The molecule has 2 amide bonds. The largest absolute Gasteiger partial charge is 0.481 e. The number of amides is 2. The average Bonchev–Trinajstić information content (AvgIpc) is 2.34. The number of benzene rings is 1. The van der Waals surface area contributed by atoms with Gasteiger partial charge in [-0.2, -0.15) is 0 Å². The van der Waals surface area contributed by atoms with Gasteiger partial charge in [0.05, 0.1) is 0 Å². The van der Waals surface area contributed by atoms with Crippen molar-refractivity contribution >= 4 is 33.6 Å². The van der Waals surface area contributed by atoms with Crippen LogP contribution in [0.5, 0.6) is 0 Å². The van der Waals surface area contributed by atoms with E-state index < -0.39 is 5.97 Å². The third-order valence-corrected chi connectivity index (χ3v) is 3.40. The first-order valence-corrected chi connectivity index (χ1v) is 7.68. The fourth-order valence-corrected chi connectivity index (χ4v) is 2.53. The van der Waals surface area contributed by atoms with E-state index in [0.29, 0.717) is 18.2 Å². The summed E-state index contributed by atoms with van der Waals surface area (Å²) >= 11 is 3.33. The first-order chi connectivity index (χ1) is 9.86. The van der Waals surface area contributed by atoms with Crippen molar-refractivity contribution in [3.8, 4) is 0 Å². The fourth-order valence-electron chi connectivity index (χ4n) is 2.13. The Morgan fingerprint density at radius 1 is 1.33 bits per heavy atom. The summed E-state index contributed by atoms with van der Waals surface area (Å²) in [4.78, 5) is 22.6. The van der Waals surface area contributed by atoms with Crippen LogP contribution < -0.4 is 10.6 Å². The predicted molar refractivity (Wildman–Crippen MR) is 86.4 cm³/mol. The molecule has 0 aliphatic carbocycles. The zero-order valence-electron chi connectivity index (χ0n) is 12.2. The summed E-state index contributed by atoms with van der Waals surface area (Å²) < 4.78 is 0.879. The summed E-state index contributed by atoms with van der Waals surface area (Å²) in [5.74, 6) is -0.505. The number of aliphatic carboxylic acids is 1. The van der Waals surface area contributed by atoms with Crippen LogP contribution in [0.25, 0.3) is 0 Å². The number of urea groups is 1. The number of hydrogen-bond acceptors (Lipinski definition) is 2. The van der Waals surface area contributed by atoms with Gasteiger partial charge in [0.1, 0.15) is 0 Å². The maximum Gasteiger partial charge on any atom is 0.319 e. The van der Waals surface area contributed by atoms with Crippen molar-refractivity contribution in [2.75, 3.05) is 11.9 Å². The normalized spacial score (nSPS) is 12.0. The number of carboxylic acids is 1. The molecule has 0 bridgehead atoms. The molecular weight excluding hydrogens is 336 g/mol. The van der Waals surface area contributed by atoms with Crippen molar-refractivity contribution in [1.29, 1.82) is 0 Å². The molecular formula is C15H21BrN2O3. The number of rotatable bonds is 7. The molecule has 3 N–H and O–H groups in total. The Morgan fingerprint density at radius 2 is 2.05 bits per heavy atom. The van der Waals surface area contributed by atoms with Gasteiger partial charge in [-0.15, -0.1) is 0 Å². The van der Waals surface area contributed by atoms with Crippen molar-refractivity contribution in [2.24, 2.45) is 11.8 Å². The number of carbonyl (C=O) groups is 2. The van der Waals surface area contributed by atoms with E-state index in [4.69, 9.17) is 5.11 Å². The van der Waals surface area contributed by atoms with Crippen LogP contribution in [-0.2, 0) is 4.79 Å². The highest BCUT2D eigenvalue weighted by molar-refractivity contribution is 9.10. The Balaban J connectivity index is 2.47. The quantitative estimate of drug-likeness (QED) is 0.696. The van der Waals surface area contributed by atoms with Gasteiger partial charge in [-0.3, -0.25) is 4.79 Å². The van der Waals surface area contributed by atoms with Crippen molar-refractivity contribution in [3.63, 3.8) is 0 Å². The van der Waals surface area contributed by atoms with Crippen LogP contribution in [0.15, 0.2) is 28.7 Å². The van der Waals surface area contributed by atoms with Gasteiger partial charge in [0.15, 0.2) is 0 Å². The van der Waals surface area contributed by atoms with Gasteiger partial charge in [-0.1, -0.05) is 35.8 Å². The molecule has 0 aliphatic rings. The van der Waals surface area contributed by atoms with Gasteiger partial charge in [-0.25, -0.2) is 4.79 Å². The summed E-state index contributed by atoms with van der Waals surface area (Å²) in [6.07, 6.45) is 0.832. The van der Waals surface area contributed by atoms with E-state index in [1.165, 1.54) is 0 Å². The molecule has 0 saturated carbocycles. The number of halogens is 1. The van der Waals surface area contributed by atoms with Crippen LogP contribution in [0.2, 0.25) is 0 Å². The van der Waals surface area contributed by atoms with Crippen molar-refractivity contribution in [2.45, 2.75) is 26.7 Å². The molecule has 1 aromatic rings. The maximum atomic E-state index is 11.8. The van der Waals surface area contributed by atoms with Gasteiger partial charge in [0.2, 0.25) is 0 Å². The highest BCUT2D eigenvalue weighted by Gasteiger charge is 2.16. The van der Waals surface area contributed by atoms with E-state index in [9.17, 15) is 9.59 Å². The zero-order chi connectivity index (χ0) is 15.8. The second-order valence-corrected chi connectivity index (χ2v) is 6.35. The van der Waals surface area contributed by atoms with E-state index in [1.807, 2.05) is 26.0 Å². The van der Waals surface area contributed by atoms with Crippen molar-refractivity contribution < 1.29 is 14.7 Å². The predicted octanol–water partition coefficient (Wildman–Crippen LogP) is 3.71. The molecule has 21 heavy (non-hydrogen) atoms. The lowest BCUT2D eigenvalue weighted by atomic mass is 9.94. The molecule has 6 heteroatoms. The molecule has 1 aromatic carbocycles. The average molecular weight is 357 g/mol. The summed E-state index contributed by atoms with van der Waals surface area (Å²) in [7, 11) is 0. The fraction of sp³-hybridized carbons (Fsp3) is 0.467. The lowest BCUT2D eigenvalue weighted by molar-refractivity contribution is -0.138. The summed E-state index contributed by atoms with van der Waals surface area (Å²) in [6, 6.07) is 6.95. The van der Waals surface area contributed by atoms with E-state index >= 15 is 0 Å². The summed E-state index contributed by atoms with van der Waals surface area (Å²) in [5, 5.41) is 14.3. The Labute approximate surface area is 133 Å². The van der Waals surface area contributed by atoms with Gasteiger partial charge in [0, 0.05) is 23.1 Å². The molecule has 0 aliphatic heterocycles. The standard InChI is InChI=1S/C15H21BrN2O3/c1-10(2)6-11(7-14(19)20)9-17-15(21)18-13-5-3-4-12(16)8-13/h3-5,8,10-11H,6-7,9H2,1-2H3,(H,19,20)(H2,17,18,21). The molecule has 1 unspecified atom stereocenters. The zero-order valence-corrected chi connectivity index (χ0v) is 13.8. The van der Waals surface area contributed by atoms with Crippen LogP contribution >= 0.6 is 15.9 Å². The lowest BCUT2D eigenvalue weighted by Gasteiger charge is -2.18. The minimum atomic E-state index is -0.838. The second-order valence-electron chi connectivity index (χ2n) is 5.44. The van der Waals surface area contributed by atoms with Crippen LogP contribution in [0.1, 0.15) is 26.7 Å². The molecule has 0 radical (unpaired) electrons. The molecule has 5 nitrogen and oxygen atoms in total. The third kappa shape index (κ3) is 7.70. The monoisotopic (exact) mass is 356 g/mol. The third-order valence-electron chi connectivity index (χ3n) is 2.90. The van der Waals surface area contributed by atoms with Gasteiger partial charge >= 0.3 is 12.0 Å². The smallest absolute Gasteiger partial charge is 0.319 e. The van der Waals surface area contributed by atoms with E-state index in [-0.39, 0.29) is 18.4 Å². The van der Waals surface area contributed by atoms with Crippen molar-refractivity contribution in [1.82, 2.24) is 5.32 Å². The maximum absolute atomic E-state index is 11.8. The molecule has 116 valence electrons. The molecule has 0 spiro atoms. The summed E-state index contributed by atoms with van der Waals surface area (Å²) in [5.41, 5.74) is 0.681.